The van der Waals surface area contributed by atoms with Gasteiger partial charge < -0.3 is 4.90 Å². The number of aromatic amines is 1. The van der Waals surface area contributed by atoms with Gasteiger partial charge in [0.05, 0.1) is 18.2 Å². The lowest BCUT2D eigenvalue weighted by molar-refractivity contribution is -0.361. The van der Waals surface area contributed by atoms with Gasteiger partial charge in [-0.15, -0.1) is 0 Å². The summed E-state index contributed by atoms with van der Waals surface area (Å²) in [4.78, 5) is 16.6. The summed E-state index contributed by atoms with van der Waals surface area (Å²) in [5.41, 5.74) is -0.973. The number of carbonyl (C=O) groups excluding carboxylic acids is 1. The minimum Gasteiger partial charge on any atom is -0.309 e. The number of hydrogen-bond acceptors (Lipinski definition) is 2. The Morgan fingerprint density at radius 2 is 1.92 bits per heavy atom. The van der Waals surface area contributed by atoms with Crippen molar-refractivity contribution in [3.8, 4) is 0 Å². The summed E-state index contributed by atoms with van der Waals surface area (Å²) in [6.07, 6.45) is -3.58. The van der Waals surface area contributed by atoms with Crippen molar-refractivity contribution in [1.29, 1.82) is 0 Å². The molecule has 2 rings (SSSR count). The summed E-state index contributed by atoms with van der Waals surface area (Å²) in [5.74, 6) is -0.584. The Morgan fingerprint density at radius 3 is 2.42 bits per heavy atom. The number of H-pyrrole nitrogens is 1. The van der Waals surface area contributed by atoms with Crippen molar-refractivity contribution in [1.82, 2.24) is 0 Å². The van der Waals surface area contributed by atoms with Crippen molar-refractivity contribution in [2.75, 3.05) is 23.8 Å². The topological polar surface area (TPSA) is 46.5 Å². The zero-order chi connectivity index (χ0) is 17.9. The summed E-state index contributed by atoms with van der Waals surface area (Å²) in [6, 6.07) is 7.20. The standard InChI is InChI=1S/C16H15ClF3N3O/c1-3-23(11-6-4-10(17)5-7-11)15(24)12-9-22-14(21-2)8-13(12)16(18,19)20/h4-9H,3H2,1-2H3,(H,21,22)/p+1. The fraction of sp³-hybridized carbons (Fsp3) is 0.250. The summed E-state index contributed by atoms with van der Waals surface area (Å²) in [7, 11) is 1.49. The molecule has 0 atom stereocenters. The van der Waals surface area contributed by atoms with E-state index >= 15 is 0 Å². The van der Waals surface area contributed by atoms with Gasteiger partial charge in [0.1, 0.15) is 6.20 Å². The molecule has 1 heterocycles. The SMILES string of the molecule is CCN(C(=O)c1c[nH+]c(NC)cc1C(F)(F)F)c1ccc(Cl)cc1. The van der Waals surface area contributed by atoms with Crippen LogP contribution in [-0.4, -0.2) is 19.5 Å². The first-order valence-electron chi connectivity index (χ1n) is 7.16. The van der Waals surface area contributed by atoms with Crippen molar-refractivity contribution >= 4 is 29.0 Å². The number of nitrogens with one attached hydrogen (secondary N) is 2. The number of halogens is 4. The van der Waals surface area contributed by atoms with Crippen molar-refractivity contribution in [3.05, 3.63) is 52.7 Å². The highest BCUT2D eigenvalue weighted by molar-refractivity contribution is 6.30. The average Bonchev–Trinajstić information content (AvgIpc) is 2.55. The van der Waals surface area contributed by atoms with E-state index in [9.17, 15) is 18.0 Å². The molecule has 0 saturated carbocycles. The second-order valence-corrected chi connectivity index (χ2v) is 5.38. The average molecular weight is 359 g/mol. The molecule has 2 N–H and O–H groups in total. The van der Waals surface area contributed by atoms with Crippen LogP contribution in [0.15, 0.2) is 36.5 Å². The van der Waals surface area contributed by atoms with Crippen molar-refractivity contribution < 1.29 is 22.9 Å². The van der Waals surface area contributed by atoms with Crippen LogP contribution in [-0.2, 0) is 6.18 Å². The number of pyridine rings is 1. The summed E-state index contributed by atoms with van der Waals surface area (Å²) in [5, 5.41) is 3.07. The first-order valence-corrected chi connectivity index (χ1v) is 7.53. The van der Waals surface area contributed by atoms with Gasteiger partial charge in [-0.1, -0.05) is 11.6 Å². The summed E-state index contributed by atoms with van der Waals surface area (Å²) >= 11 is 5.81. The molecular weight excluding hydrogens is 343 g/mol. The molecule has 24 heavy (non-hydrogen) atoms. The quantitative estimate of drug-likeness (QED) is 0.901. The Balaban J connectivity index is 2.49. The van der Waals surface area contributed by atoms with Crippen molar-refractivity contribution in [2.24, 2.45) is 0 Å². The van der Waals surface area contributed by atoms with Crippen molar-refractivity contribution in [3.63, 3.8) is 0 Å². The molecule has 0 unspecified atom stereocenters. The fourth-order valence-corrected chi connectivity index (χ4v) is 2.38. The lowest BCUT2D eigenvalue weighted by Crippen LogP contribution is -2.33. The minimum atomic E-state index is -4.65. The molecule has 0 fully saturated rings. The molecule has 0 aliphatic heterocycles. The number of alkyl halides is 3. The van der Waals surface area contributed by atoms with E-state index in [2.05, 4.69) is 10.3 Å². The van der Waals surface area contributed by atoms with E-state index in [0.29, 0.717) is 10.7 Å². The van der Waals surface area contributed by atoms with Gasteiger partial charge in [-0.3, -0.25) is 10.1 Å². The molecule has 4 nitrogen and oxygen atoms in total. The lowest BCUT2D eigenvalue weighted by Gasteiger charge is -2.22. The summed E-state index contributed by atoms with van der Waals surface area (Å²) < 4.78 is 40.0. The Kier molecular flexibility index (Phi) is 5.33. The predicted molar refractivity (Wildman–Crippen MR) is 86.3 cm³/mol. The first-order chi connectivity index (χ1) is 11.3. The van der Waals surface area contributed by atoms with Gasteiger partial charge in [0, 0.05) is 23.3 Å². The molecule has 128 valence electrons. The molecule has 1 aromatic carbocycles. The van der Waals surface area contributed by atoms with Gasteiger partial charge in [0.25, 0.3) is 11.7 Å². The van der Waals surface area contributed by atoms with E-state index in [1.54, 1.807) is 31.2 Å². The van der Waals surface area contributed by atoms with Gasteiger partial charge in [0.2, 0.25) is 0 Å². The molecular formula is C16H16ClF3N3O+. The van der Waals surface area contributed by atoms with E-state index < -0.39 is 23.2 Å². The molecule has 0 aliphatic rings. The number of nitrogens with zero attached hydrogens (tertiary/aromatic N) is 1. The van der Waals surface area contributed by atoms with Crippen LogP contribution in [0.2, 0.25) is 5.02 Å². The Hall–Kier alpha value is -2.28. The maximum Gasteiger partial charge on any atom is 0.417 e. The van der Waals surface area contributed by atoms with E-state index in [4.69, 9.17) is 11.6 Å². The van der Waals surface area contributed by atoms with Crippen LogP contribution in [0.5, 0.6) is 0 Å². The highest BCUT2D eigenvalue weighted by atomic mass is 35.5. The zero-order valence-electron chi connectivity index (χ0n) is 13.0. The Labute approximate surface area is 142 Å². The van der Waals surface area contributed by atoms with Gasteiger partial charge in [-0.25, -0.2) is 4.98 Å². The molecule has 0 saturated heterocycles. The molecule has 2 aromatic rings. The minimum absolute atomic E-state index is 0.161. The number of carbonyl (C=O) groups is 1. The maximum absolute atomic E-state index is 13.3. The molecule has 1 amide bonds. The molecule has 8 heteroatoms. The lowest BCUT2D eigenvalue weighted by atomic mass is 10.1. The molecule has 0 bridgehead atoms. The largest absolute Gasteiger partial charge is 0.417 e. The van der Waals surface area contributed by atoms with Crippen LogP contribution in [0, 0.1) is 0 Å². The number of rotatable bonds is 4. The number of benzene rings is 1. The van der Waals surface area contributed by atoms with Gasteiger partial charge >= 0.3 is 6.18 Å². The van der Waals surface area contributed by atoms with Crippen LogP contribution in [0.25, 0.3) is 0 Å². The van der Waals surface area contributed by atoms with Gasteiger partial charge in [-0.05, 0) is 31.2 Å². The van der Waals surface area contributed by atoms with E-state index in [-0.39, 0.29) is 12.4 Å². The third kappa shape index (κ3) is 3.79. The molecule has 1 aromatic heterocycles. The molecule has 0 aliphatic carbocycles. The fourth-order valence-electron chi connectivity index (χ4n) is 2.26. The molecule has 0 spiro atoms. The van der Waals surface area contributed by atoms with Gasteiger partial charge in [-0.2, -0.15) is 13.2 Å². The second kappa shape index (κ2) is 7.09. The van der Waals surface area contributed by atoms with Crippen LogP contribution in [0.3, 0.4) is 0 Å². The normalized spacial score (nSPS) is 11.2. The highest BCUT2D eigenvalue weighted by Gasteiger charge is 2.38. The first kappa shape index (κ1) is 18.1. The van der Waals surface area contributed by atoms with Crippen molar-refractivity contribution in [2.45, 2.75) is 13.1 Å². The van der Waals surface area contributed by atoms with Gasteiger partial charge in [0.15, 0.2) is 0 Å². The molecule has 0 radical (unpaired) electrons. The predicted octanol–water partition coefficient (Wildman–Crippen LogP) is 3.88. The Bertz CT molecular complexity index is 732. The maximum atomic E-state index is 13.3. The number of anilines is 2. The van der Waals surface area contributed by atoms with E-state index in [0.717, 1.165) is 12.3 Å². The monoisotopic (exact) mass is 358 g/mol. The van der Waals surface area contributed by atoms with E-state index in [1.807, 2.05) is 0 Å². The van der Waals surface area contributed by atoms with Crippen LogP contribution in [0.1, 0.15) is 22.8 Å². The van der Waals surface area contributed by atoms with Crippen LogP contribution < -0.4 is 15.2 Å². The van der Waals surface area contributed by atoms with Crippen LogP contribution >= 0.6 is 11.6 Å². The number of hydrogen-bond donors (Lipinski definition) is 1. The van der Waals surface area contributed by atoms with E-state index in [1.165, 1.54) is 11.9 Å². The third-order valence-electron chi connectivity index (χ3n) is 3.46. The third-order valence-corrected chi connectivity index (χ3v) is 3.71. The Morgan fingerprint density at radius 1 is 1.29 bits per heavy atom. The smallest absolute Gasteiger partial charge is 0.309 e. The number of aromatic nitrogens is 1. The second-order valence-electron chi connectivity index (χ2n) is 4.95. The number of amides is 1. The van der Waals surface area contributed by atoms with Crippen LogP contribution in [0.4, 0.5) is 24.7 Å². The highest BCUT2D eigenvalue weighted by Crippen LogP contribution is 2.33. The summed E-state index contributed by atoms with van der Waals surface area (Å²) in [6.45, 7) is 1.90. The zero-order valence-corrected chi connectivity index (χ0v) is 13.8.